The van der Waals surface area contributed by atoms with Crippen molar-refractivity contribution in [3.63, 3.8) is 0 Å². The van der Waals surface area contributed by atoms with Gasteiger partial charge in [0.25, 0.3) is 0 Å². The maximum Gasteiger partial charge on any atom is 0.158 e. The maximum atomic E-state index is 5.46. The first-order valence-electron chi connectivity index (χ1n) is 6.21. The van der Waals surface area contributed by atoms with Crippen LogP contribution in [0.2, 0.25) is 0 Å². The topological polar surface area (TPSA) is 59.5 Å². The molecule has 1 fully saturated rings. The first kappa shape index (κ1) is 13.0. The molecule has 1 aliphatic rings. The second-order valence-electron chi connectivity index (χ2n) is 4.16. The van der Waals surface area contributed by atoms with Crippen LogP contribution >= 0.6 is 0 Å². The number of nitrogens with one attached hydrogen (secondary N) is 1. The standard InChI is InChI=1S/C12H20N4O2/c1-13-10-8-12(15-11(14-10)9-17-2)16-4-3-6-18-7-5-16/h8H,3-7,9H2,1-2H3,(H,13,14,15). The molecule has 0 spiro atoms. The molecule has 6 nitrogen and oxygen atoms in total. The average Bonchev–Trinajstić information content (AvgIpc) is 2.67. The highest BCUT2D eigenvalue weighted by atomic mass is 16.5. The third-order valence-corrected chi connectivity index (χ3v) is 2.83. The summed E-state index contributed by atoms with van der Waals surface area (Å²) in [6, 6.07) is 1.96. The second-order valence-corrected chi connectivity index (χ2v) is 4.16. The van der Waals surface area contributed by atoms with Crippen molar-refractivity contribution < 1.29 is 9.47 Å². The summed E-state index contributed by atoms with van der Waals surface area (Å²) in [5.74, 6) is 2.45. The highest BCUT2D eigenvalue weighted by molar-refractivity contribution is 5.49. The van der Waals surface area contributed by atoms with E-state index < -0.39 is 0 Å². The number of aromatic nitrogens is 2. The number of anilines is 2. The van der Waals surface area contributed by atoms with Crippen molar-refractivity contribution in [2.45, 2.75) is 13.0 Å². The normalized spacial score (nSPS) is 16.4. The number of ether oxygens (including phenoxy) is 2. The summed E-state index contributed by atoms with van der Waals surface area (Å²) < 4.78 is 10.6. The molecule has 1 saturated heterocycles. The number of hydrogen-bond donors (Lipinski definition) is 1. The lowest BCUT2D eigenvalue weighted by atomic mass is 10.3. The van der Waals surface area contributed by atoms with E-state index in [1.807, 2.05) is 13.1 Å². The Labute approximate surface area is 107 Å². The molecule has 1 aliphatic heterocycles. The SMILES string of the molecule is CNc1cc(N2CCCOCC2)nc(COC)n1. The van der Waals surface area contributed by atoms with E-state index in [0.717, 1.165) is 44.4 Å². The molecule has 6 heteroatoms. The van der Waals surface area contributed by atoms with Crippen LogP contribution in [0.5, 0.6) is 0 Å². The Morgan fingerprint density at radius 2 is 2.28 bits per heavy atom. The largest absolute Gasteiger partial charge is 0.380 e. The van der Waals surface area contributed by atoms with E-state index in [4.69, 9.17) is 9.47 Å². The molecule has 0 bridgehead atoms. The van der Waals surface area contributed by atoms with Crippen molar-refractivity contribution in [3.8, 4) is 0 Å². The molecule has 0 aliphatic carbocycles. The zero-order valence-corrected chi connectivity index (χ0v) is 11.0. The Morgan fingerprint density at radius 3 is 3.06 bits per heavy atom. The van der Waals surface area contributed by atoms with Gasteiger partial charge in [0.15, 0.2) is 5.82 Å². The lowest BCUT2D eigenvalue weighted by Gasteiger charge is -2.21. The van der Waals surface area contributed by atoms with Gasteiger partial charge < -0.3 is 19.7 Å². The summed E-state index contributed by atoms with van der Waals surface area (Å²) >= 11 is 0. The summed E-state index contributed by atoms with van der Waals surface area (Å²) in [4.78, 5) is 11.1. The van der Waals surface area contributed by atoms with Gasteiger partial charge in [-0.25, -0.2) is 9.97 Å². The Hall–Kier alpha value is -1.40. The summed E-state index contributed by atoms with van der Waals surface area (Å²) in [6.45, 7) is 3.83. The Balaban J connectivity index is 2.21. The quantitative estimate of drug-likeness (QED) is 0.859. The van der Waals surface area contributed by atoms with Crippen LogP contribution in [0, 0.1) is 0 Å². The molecule has 0 aromatic carbocycles. The molecule has 0 amide bonds. The lowest BCUT2D eigenvalue weighted by molar-refractivity contribution is 0.152. The molecule has 18 heavy (non-hydrogen) atoms. The number of rotatable bonds is 4. The van der Waals surface area contributed by atoms with Crippen LogP contribution in [-0.2, 0) is 16.1 Å². The Kier molecular flexibility index (Phi) is 4.72. The van der Waals surface area contributed by atoms with Crippen LogP contribution in [0.1, 0.15) is 12.2 Å². The molecule has 100 valence electrons. The highest BCUT2D eigenvalue weighted by Crippen LogP contribution is 2.17. The first-order valence-corrected chi connectivity index (χ1v) is 6.21. The fourth-order valence-electron chi connectivity index (χ4n) is 1.94. The van der Waals surface area contributed by atoms with E-state index >= 15 is 0 Å². The molecular weight excluding hydrogens is 232 g/mol. The number of nitrogens with zero attached hydrogens (tertiary/aromatic N) is 3. The highest BCUT2D eigenvalue weighted by Gasteiger charge is 2.13. The second kappa shape index (κ2) is 6.51. The van der Waals surface area contributed by atoms with Gasteiger partial charge in [0, 0.05) is 39.9 Å². The van der Waals surface area contributed by atoms with Gasteiger partial charge in [-0.2, -0.15) is 0 Å². The Morgan fingerprint density at radius 1 is 1.39 bits per heavy atom. The number of methoxy groups -OCH3 is 1. The molecule has 1 aromatic heterocycles. The minimum absolute atomic E-state index is 0.423. The van der Waals surface area contributed by atoms with Crippen LogP contribution in [0.15, 0.2) is 6.07 Å². The van der Waals surface area contributed by atoms with Gasteiger partial charge in [-0.1, -0.05) is 0 Å². The summed E-state index contributed by atoms with van der Waals surface area (Å²) in [6.07, 6.45) is 1.03. The van der Waals surface area contributed by atoms with Crippen molar-refractivity contribution in [3.05, 3.63) is 11.9 Å². The fourth-order valence-corrected chi connectivity index (χ4v) is 1.94. The van der Waals surface area contributed by atoms with E-state index in [1.54, 1.807) is 7.11 Å². The summed E-state index contributed by atoms with van der Waals surface area (Å²) in [7, 11) is 3.50. The van der Waals surface area contributed by atoms with Gasteiger partial charge in [0.2, 0.25) is 0 Å². The Bertz CT molecular complexity index is 378. The van der Waals surface area contributed by atoms with E-state index in [1.165, 1.54) is 0 Å². The van der Waals surface area contributed by atoms with Crippen LogP contribution in [0.3, 0.4) is 0 Å². The average molecular weight is 252 g/mol. The summed E-state index contributed by atoms with van der Waals surface area (Å²) in [5, 5.41) is 3.06. The minimum Gasteiger partial charge on any atom is -0.380 e. The van der Waals surface area contributed by atoms with Crippen LogP contribution in [0.25, 0.3) is 0 Å². The zero-order valence-electron chi connectivity index (χ0n) is 11.0. The van der Waals surface area contributed by atoms with Crippen LogP contribution in [0.4, 0.5) is 11.6 Å². The molecule has 2 rings (SSSR count). The van der Waals surface area contributed by atoms with Crippen molar-refractivity contribution in [2.75, 3.05) is 50.7 Å². The smallest absolute Gasteiger partial charge is 0.158 e. The van der Waals surface area contributed by atoms with Gasteiger partial charge in [0.05, 0.1) is 6.61 Å². The molecule has 0 unspecified atom stereocenters. The minimum atomic E-state index is 0.423. The molecule has 1 N–H and O–H groups in total. The molecule has 0 radical (unpaired) electrons. The predicted octanol–water partition coefficient (Wildman–Crippen LogP) is 0.891. The van der Waals surface area contributed by atoms with E-state index in [9.17, 15) is 0 Å². The third kappa shape index (κ3) is 3.30. The van der Waals surface area contributed by atoms with Crippen molar-refractivity contribution >= 4 is 11.6 Å². The monoisotopic (exact) mass is 252 g/mol. The van der Waals surface area contributed by atoms with Crippen molar-refractivity contribution in [1.29, 1.82) is 0 Å². The third-order valence-electron chi connectivity index (χ3n) is 2.83. The summed E-state index contributed by atoms with van der Waals surface area (Å²) in [5.41, 5.74) is 0. The van der Waals surface area contributed by atoms with Gasteiger partial charge in [-0.3, -0.25) is 0 Å². The molecule has 0 saturated carbocycles. The molecule has 0 atom stereocenters. The van der Waals surface area contributed by atoms with Crippen molar-refractivity contribution in [1.82, 2.24) is 9.97 Å². The maximum absolute atomic E-state index is 5.46. The van der Waals surface area contributed by atoms with Gasteiger partial charge in [-0.15, -0.1) is 0 Å². The van der Waals surface area contributed by atoms with E-state index in [2.05, 4.69) is 20.2 Å². The molecular formula is C12H20N4O2. The fraction of sp³-hybridized carbons (Fsp3) is 0.667. The van der Waals surface area contributed by atoms with Crippen LogP contribution < -0.4 is 10.2 Å². The molecule has 2 heterocycles. The molecule has 1 aromatic rings. The van der Waals surface area contributed by atoms with Gasteiger partial charge >= 0.3 is 0 Å². The predicted molar refractivity (Wildman–Crippen MR) is 69.9 cm³/mol. The zero-order chi connectivity index (χ0) is 12.8. The number of hydrogen-bond acceptors (Lipinski definition) is 6. The first-order chi connectivity index (χ1) is 8.83. The van der Waals surface area contributed by atoms with Gasteiger partial charge in [0.1, 0.15) is 18.2 Å². The van der Waals surface area contributed by atoms with Gasteiger partial charge in [-0.05, 0) is 6.42 Å². The van der Waals surface area contributed by atoms with E-state index in [0.29, 0.717) is 12.4 Å². The van der Waals surface area contributed by atoms with Crippen molar-refractivity contribution in [2.24, 2.45) is 0 Å². The van der Waals surface area contributed by atoms with Crippen LogP contribution in [-0.4, -0.2) is 50.4 Å². The van der Waals surface area contributed by atoms with E-state index in [-0.39, 0.29) is 0 Å². The lowest BCUT2D eigenvalue weighted by Crippen LogP contribution is -2.27.